The molecule has 1 atom stereocenters. The van der Waals surface area contributed by atoms with Crippen molar-refractivity contribution in [3.63, 3.8) is 0 Å². The molecule has 0 aliphatic carbocycles. The van der Waals surface area contributed by atoms with Crippen LogP contribution in [0.1, 0.15) is 23.5 Å². The van der Waals surface area contributed by atoms with Crippen LogP contribution in [0.3, 0.4) is 0 Å². The summed E-state index contributed by atoms with van der Waals surface area (Å²) in [5, 5.41) is 2.75. The van der Waals surface area contributed by atoms with Crippen molar-refractivity contribution in [3.05, 3.63) is 35.1 Å². The number of nitrogens with zero attached hydrogens (tertiary/aromatic N) is 3. The van der Waals surface area contributed by atoms with Crippen molar-refractivity contribution < 1.29 is 18.7 Å². The molecule has 0 spiro atoms. The van der Waals surface area contributed by atoms with Gasteiger partial charge >= 0.3 is 0 Å². The van der Waals surface area contributed by atoms with Crippen LogP contribution in [0.4, 0.5) is 22.0 Å². The van der Waals surface area contributed by atoms with Crippen LogP contribution < -0.4 is 20.7 Å². The van der Waals surface area contributed by atoms with E-state index in [4.69, 9.17) is 15.2 Å². The Hall–Kier alpha value is -2.94. The number of nitrogens with one attached hydrogen (secondary N) is 1. The van der Waals surface area contributed by atoms with Gasteiger partial charge in [0.05, 0.1) is 20.3 Å². The molecule has 4 rings (SSSR count). The van der Waals surface area contributed by atoms with Crippen molar-refractivity contribution in [3.8, 4) is 5.75 Å². The first-order valence-corrected chi connectivity index (χ1v) is 8.70. The fraction of sp³-hybridized carbons (Fsp3) is 0.389. The SMILES string of the molecule is COc1ccc(F)c(C2CC(=O)Nc3nc(N4CCOCC4)nc(N)c32)c1. The second-order valence-electron chi connectivity index (χ2n) is 6.46. The Bertz CT molecular complexity index is 886. The van der Waals surface area contributed by atoms with Crippen molar-refractivity contribution in [1.82, 2.24) is 9.97 Å². The summed E-state index contributed by atoms with van der Waals surface area (Å²) in [6.45, 7) is 2.43. The van der Waals surface area contributed by atoms with Gasteiger partial charge < -0.3 is 25.4 Å². The fourth-order valence-corrected chi connectivity index (χ4v) is 3.47. The number of aromatic nitrogens is 2. The molecular formula is C18H20FN5O3. The molecular weight excluding hydrogens is 353 g/mol. The third kappa shape index (κ3) is 3.25. The molecule has 3 N–H and O–H groups in total. The number of ether oxygens (including phenoxy) is 2. The maximum absolute atomic E-state index is 14.5. The lowest BCUT2D eigenvalue weighted by Gasteiger charge is -2.30. The Labute approximate surface area is 155 Å². The van der Waals surface area contributed by atoms with E-state index in [1.807, 2.05) is 4.90 Å². The summed E-state index contributed by atoms with van der Waals surface area (Å²) in [5.41, 5.74) is 7.09. The molecule has 2 aromatic rings. The molecule has 1 unspecified atom stereocenters. The van der Waals surface area contributed by atoms with Crippen LogP contribution in [0, 0.1) is 5.82 Å². The van der Waals surface area contributed by atoms with Gasteiger partial charge in [-0.2, -0.15) is 9.97 Å². The van der Waals surface area contributed by atoms with Crippen LogP contribution in [0.15, 0.2) is 18.2 Å². The number of amides is 1. The zero-order chi connectivity index (χ0) is 19.0. The number of rotatable bonds is 3. The van der Waals surface area contributed by atoms with E-state index in [-0.39, 0.29) is 18.1 Å². The number of nitrogen functional groups attached to an aromatic ring is 1. The highest BCUT2D eigenvalue weighted by Crippen LogP contribution is 2.41. The number of methoxy groups -OCH3 is 1. The third-order valence-electron chi connectivity index (χ3n) is 4.83. The van der Waals surface area contributed by atoms with E-state index < -0.39 is 11.7 Å². The molecule has 1 aromatic heterocycles. The fourth-order valence-electron chi connectivity index (χ4n) is 3.47. The van der Waals surface area contributed by atoms with Crippen molar-refractivity contribution in [2.75, 3.05) is 49.4 Å². The largest absolute Gasteiger partial charge is 0.497 e. The number of anilines is 3. The van der Waals surface area contributed by atoms with Crippen LogP contribution >= 0.6 is 0 Å². The zero-order valence-corrected chi connectivity index (χ0v) is 14.9. The van der Waals surface area contributed by atoms with E-state index in [9.17, 15) is 9.18 Å². The minimum Gasteiger partial charge on any atom is -0.497 e. The van der Waals surface area contributed by atoms with Crippen molar-refractivity contribution in [2.45, 2.75) is 12.3 Å². The first kappa shape index (κ1) is 17.5. The van der Waals surface area contributed by atoms with E-state index in [0.29, 0.717) is 54.9 Å². The average Bonchev–Trinajstić information content (AvgIpc) is 2.68. The molecule has 9 heteroatoms. The molecule has 2 aliphatic heterocycles. The van der Waals surface area contributed by atoms with Crippen molar-refractivity contribution in [1.29, 1.82) is 0 Å². The standard InChI is InChI=1S/C18H20FN5O3/c1-26-10-2-3-13(19)11(8-10)12-9-14(25)21-17-15(12)16(20)22-18(23-17)24-4-6-27-7-5-24/h2-3,8,12H,4-7,9H2,1H3,(H3,20,21,22,23,25). The first-order valence-electron chi connectivity index (χ1n) is 8.70. The first-order chi connectivity index (χ1) is 13.1. The summed E-state index contributed by atoms with van der Waals surface area (Å²) in [6, 6.07) is 4.43. The molecule has 1 amide bonds. The van der Waals surface area contributed by atoms with Gasteiger partial charge in [0.15, 0.2) is 0 Å². The van der Waals surface area contributed by atoms with Crippen molar-refractivity contribution in [2.24, 2.45) is 0 Å². The number of morpholine rings is 1. The number of benzene rings is 1. The van der Waals surface area contributed by atoms with Crippen LogP contribution in [-0.2, 0) is 9.53 Å². The highest BCUT2D eigenvalue weighted by molar-refractivity contribution is 5.95. The number of hydrogen-bond donors (Lipinski definition) is 2. The second-order valence-corrected chi connectivity index (χ2v) is 6.46. The second kappa shape index (κ2) is 6.99. The number of nitrogens with two attached hydrogens (primary N) is 1. The van der Waals surface area contributed by atoms with E-state index in [1.165, 1.54) is 19.2 Å². The number of hydrogen-bond acceptors (Lipinski definition) is 7. The Morgan fingerprint density at radius 2 is 2.11 bits per heavy atom. The highest BCUT2D eigenvalue weighted by atomic mass is 19.1. The van der Waals surface area contributed by atoms with Crippen LogP contribution in [0.5, 0.6) is 5.75 Å². The minimum atomic E-state index is -0.581. The molecule has 0 bridgehead atoms. The summed E-state index contributed by atoms with van der Waals surface area (Å²) in [6.07, 6.45) is 0.0571. The quantitative estimate of drug-likeness (QED) is 0.841. The summed E-state index contributed by atoms with van der Waals surface area (Å²) in [5.74, 6) is 0.229. The van der Waals surface area contributed by atoms with Gasteiger partial charge in [0.2, 0.25) is 11.9 Å². The lowest BCUT2D eigenvalue weighted by Crippen LogP contribution is -2.38. The minimum absolute atomic E-state index is 0.0571. The lowest BCUT2D eigenvalue weighted by atomic mass is 9.86. The van der Waals surface area contributed by atoms with Crippen LogP contribution in [0.2, 0.25) is 0 Å². The highest BCUT2D eigenvalue weighted by Gasteiger charge is 2.33. The molecule has 2 aliphatic rings. The summed E-state index contributed by atoms with van der Waals surface area (Å²) in [4.78, 5) is 23.1. The Kier molecular flexibility index (Phi) is 4.53. The predicted molar refractivity (Wildman–Crippen MR) is 97.5 cm³/mol. The van der Waals surface area contributed by atoms with Gasteiger partial charge in [0.1, 0.15) is 23.2 Å². The zero-order valence-electron chi connectivity index (χ0n) is 14.9. The summed E-state index contributed by atoms with van der Waals surface area (Å²) in [7, 11) is 1.50. The number of carbonyl (C=O) groups is 1. The third-order valence-corrected chi connectivity index (χ3v) is 4.83. The van der Waals surface area contributed by atoms with E-state index in [1.54, 1.807) is 6.07 Å². The van der Waals surface area contributed by atoms with E-state index >= 15 is 0 Å². The van der Waals surface area contributed by atoms with Gasteiger partial charge in [-0.3, -0.25) is 4.79 Å². The lowest BCUT2D eigenvalue weighted by molar-refractivity contribution is -0.116. The molecule has 1 fully saturated rings. The van der Waals surface area contributed by atoms with E-state index in [0.717, 1.165) is 0 Å². The Morgan fingerprint density at radius 1 is 1.33 bits per heavy atom. The van der Waals surface area contributed by atoms with Gasteiger partial charge in [-0.25, -0.2) is 4.39 Å². The molecule has 1 aromatic carbocycles. The molecule has 0 radical (unpaired) electrons. The van der Waals surface area contributed by atoms with Gasteiger partial charge in [0, 0.05) is 31.0 Å². The van der Waals surface area contributed by atoms with E-state index in [2.05, 4.69) is 15.3 Å². The monoisotopic (exact) mass is 373 g/mol. The average molecular weight is 373 g/mol. The molecule has 142 valence electrons. The summed E-state index contributed by atoms with van der Waals surface area (Å²) < 4.78 is 25.1. The maximum atomic E-state index is 14.5. The van der Waals surface area contributed by atoms with Gasteiger partial charge in [0.25, 0.3) is 0 Å². The molecule has 1 saturated heterocycles. The predicted octanol–water partition coefficient (Wildman–Crippen LogP) is 1.52. The number of carbonyl (C=O) groups excluding carboxylic acids is 1. The number of halogens is 1. The molecule has 3 heterocycles. The van der Waals surface area contributed by atoms with Crippen LogP contribution in [-0.4, -0.2) is 49.3 Å². The topological polar surface area (TPSA) is 103 Å². The molecule has 27 heavy (non-hydrogen) atoms. The van der Waals surface area contributed by atoms with Gasteiger partial charge in [-0.15, -0.1) is 0 Å². The Morgan fingerprint density at radius 3 is 2.85 bits per heavy atom. The smallest absolute Gasteiger partial charge is 0.229 e. The van der Waals surface area contributed by atoms with Crippen molar-refractivity contribution >= 4 is 23.5 Å². The molecule has 0 saturated carbocycles. The van der Waals surface area contributed by atoms with Crippen LogP contribution in [0.25, 0.3) is 0 Å². The molecule has 8 nitrogen and oxygen atoms in total. The normalized spacial score (nSPS) is 19.4. The summed E-state index contributed by atoms with van der Waals surface area (Å²) >= 11 is 0. The maximum Gasteiger partial charge on any atom is 0.229 e. The van der Waals surface area contributed by atoms with Gasteiger partial charge in [-0.1, -0.05) is 0 Å². The Balaban J connectivity index is 1.79. The number of fused-ring (bicyclic) bond motifs is 1. The van der Waals surface area contributed by atoms with Gasteiger partial charge in [-0.05, 0) is 23.8 Å².